The normalized spacial score (nSPS) is 21.1. The summed E-state index contributed by atoms with van der Waals surface area (Å²) in [5.41, 5.74) is 2.65. The van der Waals surface area contributed by atoms with Crippen molar-refractivity contribution in [2.24, 2.45) is 0 Å². The highest BCUT2D eigenvalue weighted by atomic mass is 79.9. The summed E-state index contributed by atoms with van der Waals surface area (Å²) < 4.78 is 5.97. The van der Waals surface area contributed by atoms with Crippen LogP contribution in [0.3, 0.4) is 0 Å². The molecular formula is C18H20BrNO. The molecule has 0 saturated carbocycles. The maximum absolute atomic E-state index is 5.97. The Hall–Kier alpha value is -1.16. The minimum Gasteiger partial charge on any atom is -0.374 e. The van der Waals surface area contributed by atoms with Crippen molar-refractivity contribution in [1.82, 2.24) is 4.90 Å². The van der Waals surface area contributed by atoms with Gasteiger partial charge in [-0.05, 0) is 11.1 Å². The maximum atomic E-state index is 5.97. The zero-order valence-corrected chi connectivity index (χ0v) is 13.6. The van der Waals surface area contributed by atoms with Gasteiger partial charge in [0.2, 0.25) is 0 Å². The number of morpholine rings is 1. The second kappa shape index (κ2) is 7.21. The molecule has 2 atom stereocenters. The Morgan fingerprint density at radius 1 is 1.05 bits per heavy atom. The molecule has 0 unspecified atom stereocenters. The molecule has 0 aliphatic carbocycles. The van der Waals surface area contributed by atoms with E-state index in [4.69, 9.17) is 4.74 Å². The fourth-order valence-corrected chi connectivity index (χ4v) is 3.37. The summed E-state index contributed by atoms with van der Waals surface area (Å²) >= 11 is 3.81. The van der Waals surface area contributed by atoms with Crippen LogP contribution in [0.4, 0.5) is 0 Å². The summed E-state index contributed by atoms with van der Waals surface area (Å²) in [5.74, 6) is 0. The van der Waals surface area contributed by atoms with Gasteiger partial charge in [0.05, 0.1) is 17.5 Å². The van der Waals surface area contributed by atoms with E-state index >= 15 is 0 Å². The van der Waals surface area contributed by atoms with E-state index in [2.05, 4.69) is 75.4 Å². The van der Waals surface area contributed by atoms with Crippen LogP contribution in [-0.4, -0.2) is 30.7 Å². The van der Waals surface area contributed by atoms with Crippen LogP contribution in [0, 0.1) is 0 Å². The summed E-state index contributed by atoms with van der Waals surface area (Å²) in [6.07, 6.45) is 0.199. The molecule has 110 valence electrons. The van der Waals surface area contributed by atoms with Crippen molar-refractivity contribution in [3.8, 4) is 0 Å². The highest BCUT2D eigenvalue weighted by Crippen LogP contribution is 2.30. The highest BCUT2D eigenvalue weighted by molar-refractivity contribution is 9.09. The van der Waals surface area contributed by atoms with Crippen LogP contribution >= 0.6 is 15.9 Å². The van der Waals surface area contributed by atoms with Crippen LogP contribution in [0.1, 0.15) is 16.0 Å². The molecule has 3 heteroatoms. The smallest absolute Gasteiger partial charge is 0.0868 e. The van der Waals surface area contributed by atoms with E-state index in [0.29, 0.717) is 0 Å². The Kier molecular flexibility index (Phi) is 5.07. The molecule has 0 aromatic heterocycles. The lowest BCUT2D eigenvalue weighted by atomic mass is 10.1. The van der Waals surface area contributed by atoms with E-state index < -0.39 is 0 Å². The van der Waals surface area contributed by atoms with Gasteiger partial charge in [-0.2, -0.15) is 0 Å². The molecule has 1 saturated heterocycles. The van der Waals surface area contributed by atoms with E-state index in [1.807, 2.05) is 6.07 Å². The third-order valence-corrected chi connectivity index (χ3v) is 4.99. The van der Waals surface area contributed by atoms with Gasteiger partial charge in [-0.15, -0.1) is 0 Å². The molecule has 0 N–H and O–H groups in total. The van der Waals surface area contributed by atoms with Gasteiger partial charge < -0.3 is 4.74 Å². The second-order valence-electron chi connectivity index (χ2n) is 5.44. The minimum atomic E-state index is 0.199. The average Bonchev–Trinajstić information content (AvgIpc) is 2.56. The number of hydrogen-bond acceptors (Lipinski definition) is 2. The van der Waals surface area contributed by atoms with Crippen LogP contribution in [-0.2, 0) is 11.3 Å². The first-order valence-corrected chi connectivity index (χ1v) is 8.31. The van der Waals surface area contributed by atoms with Crippen LogP contribution in [0.15, 0.2) is 60.7 Å². The Bertz CT molecular complexity index is 546. The van der Waals surface area contributed by atoms with Crippen molar-refractivity contribution in [2.45, 2.75) is 17.5 Å². The number of nitrogens with zero attached hydrogens (tertiary/aromatic N) is 1. The number of hydrogen-bond donors (Lipinski definition) is 0. The monoisotopic (exact) mass is 345 g/mol. The van der Waals surface area contributed by atoms with Crippen molar-refractivity contribution < 1.29 is 4.74 Å². The summed E-state index contributed by atoms with van der Waals surface area (Å²) in [4.78, 5) is 2.72. The fraction of sp³-hybridized carbons (Fsp3) is 0.333. The van der Waals surface area contributed by atoms with Crippen molar-refractivity contribution >= 4 is 15.9 Å². The molecule has 0 spiro atoms. The lowest BCUT2D eigenvalue weighted by Gasteiger charge is -2.35. The number of ether oxygens (including phenoxy) is 1. The molecule has 1 heterocycles. The third-order valence-electron chi connectivity index (χ3n) is 3.87. The summed E-state index contributed by atoms with van der Waals surface area (Å²) in [7, 11) is 0. The summed E-state index contributed by atoms with van der Waals surface area (Å²) in [5, 5.41) is 0. The number of benzene rings is 2. The van der Waals surface area contributed by atoms with Gasteiger partial charge in [-0.25, -0.2) is 0 Å². The Labute approximate surface area is 134 Å². The first kappa shape index (κ1) is 14.8. The zero-order chi connectivity index (χ0) is 14.5. The van der Waals surface area contributed by atoms with E-state index in [0.717, 1.165) is 26.2 Å². The molecule has 3 rings (SSSR count). The lowest BCUT2D eigenvalue weighted by molar-refractivity contribution is -0.0310. The molecule has 1 aliphatic heterocycles. The fourth-order valence-electron chi connectivity index (χ4n) is 2.75. The summed E-state index contributed by atoms with van der Waals surface area (Å²) in [6.45, 7) is 3.75. The maximum Gasteiger partial charge on any atom is 0.0868 e. The largest absolute Gasteiger partial charge is 0.374 e. The molecular weight excluding hydrogens is 326 g/mol. The Morgan fingerprint density at radius 2 is 1.71 bits per heavy atom. The quantitative estimate of drug-likeness (QED) is 0.776. The third kappa shape index (κ3) is 3.94. The topological polar surface area (TPSA) is 12.5 Å². The van der Waals surface area contributed by atoms with Crippen molar-refractivity contribution in [3.63, 3.8) is 0 Å². The standard InChI is InChI=1S/C18H20BrNO/c19-18(16-9-5-2-6-10-16)17-14-20(11-12-21-17)13-15-7-3-1-4-8-15/h1-10,17-18H,11-14H2/t17-,18+/m1/s1. The van der Waals surface area contributed by atoms with Crippen molar-refractivity contribution in [2.75, 3.05) is 19.7 Å². The predicted octanol–water partition coefficient (Wildman–Crippen LogP) is 4.02. The van der Waals surface area contributed by atoms with Crippen LogP contribution in [0.25, 0.3) is 0 Å². The van der Waals surface area contributed by atoms with E-state index in [-0.39, 0.29) is 10.9 Å². The number of rotatable bonds is 4. The second-order valence-corrected chi connectivity index (χ2v) is 6.43. The van der Waals surface area contributed by atoms with Gasteiger partial charge in [0.15, 0.2) is 0 Å². The first-order valence-electron chi connectivity index (χ1n) is 7.40. The van der Waals surface area contributed by atoms with Crippen molar-refractivity contribution in [1.29, 1.82) is 0 Å². The zero-order valence-electron chi connectivity index (χ0n) is 12.0. The first-order chi connectivity index (χ1) is 10.3. The minimum absolute atomic E-state index is 0.199. The lowest BCUT2D eigenvalue weighted by Crippen LogP contribution is -2.43. The van der Waals surface area contributed by atoms with E-state index in [9.17, 15) is 0 Å². The number of halogens is 1. The molecule has 0 bridgehead atoms. The van der Waals surface area contributed by atoms with Crippen LogP contribution in [0.5, 0.6) is 0 Å². The highest BCUT2D eigenvalue weighted by Gasteiger charge is 2.27. The average molecular weight is 346 g/mol. The van der Waals surface area contributed by atoms with E-state index in [1.54, 1.807) is 0 Å². The molecule has 0 radical (unpaired) electrons. The van der Waals surface area contributed by atoms with Crippen LogP contribution < -0.4 is 0 Å². The summed E-state index contributed by atoms with van der Waals surface area (Å²) in [6, 6.07) is 21.2. The molecule has 21 heavy (non-hydrogen) atoms. The molecule has 0 amide bonds. The molecule has 2 aromatic carbocycles. The molecule has 2 aromatic rings. The molecule has 1 fully saturated rings. The van der Waals surface area contributed by atoms with Gasteiger partial charge in [0.1, 0.15) is 0 Å². The van der Waals surface area contributed by atoms with E-state index in [1.165, 1.54) is 11.1 Å². The van der Waals surface area contributed by atoms with Crippen LogP contribution in [0.2, 0.25) is 0 Å². The van der Waals surface area contributed by atoms with Gasteiger partial charge in [-0.1, -0.05) is 76.6 Å². The Balaban J connectivity index is 1.63. The van der Waals surface area contributed by atoms with Crippen molar-refractivity contribution in [3.05, 3.63) is 71.8 Å². The molecule has 1 aliphatic rings. The molecule has 2 nitrogen and oxygen atoms in total. The van der Waals surface area contributed by atoms with Gasteiger partial charge in [-0.3, -0.25) is 4.90 Å². The predicted molar refractivity (Wildman–Crippen MR) is 89.6 cm³/mol. The number of alkyl halides is 1. The van der Waals surface area contributed by atoms with Gasteiger partial charge in [0, 0.05) is 19.6 Å². The van der Waals surface area contributed by atoms with Gasteiger partial charge in [0.25, 0.3) is 0 Å². The van der Waals surface area contributed by atoms with Gasteiger partial charge >= 0.3 is 0 Å². The Morgan fingerprint density at radius 3 is 2.43 bits per heavy atom. The SMILES string of the molecule is Br[C@@H](c1ccccc1)[C@H]1CN(Cc2ccccc2)CCO1.